The minimum Gasteiger partial charge on any atom is -0.385 e. The van der Waals surface area contributed by atoms with Crippen molar-refractivity contribution < 1.29 is 9.53 Å². The molecule has 0 aromatic heterocycles. The molecule has 0 spiro atoms. The molecule has 0 aliphatic carbocycles. The van der Waals surface area contributed by atoms with Gasteiger partial charge in [0.25, 0.3) is 5.91 Å². The lowest BCUT2D eigenvalue weighted by Gasteiger charge is -2.20. The van der Waals surface area contributed by atoms with E-state index in [2.05, 4.69) is 10.6 Å². The molecule has 0 fully saturated rings. The van der Waals surface area contributed by atoms with Crippen molar-refractivity contribution in [2.24, 2.45) is 0 Å². The van der Waals surface area contributed by atoms with Crippen molar-refractivity contribution >= 4 is 11.6 Å². The predicted molar refractivity (Wildman–Crippen MR) is 72.1 cm³/mol. The molecule has 0 radical (unpaired) electrons. The lowest BCUT2D eigenvalue weighted by molar-refractivity contribution is 0.0947. The number of carbonyl (C=O) groups is 1. The first-order valence-electron chi connectivity index (χ1n) is 6.46. The third kappa shape index (κ3) is 3.01. The van der Waals surface area contributed by atoms with Crippen molar-refractivity contribution in [2.75, 3.05) is 32.1 Å². The number of anilines is 1. The average molecular weight is 248 g/mol. The van der Waals surface area contributed by atoms with Crippen LogP contribution in [-0.4, -0.2) is 32.7 Å². The minimum atomic E-state index is 0.0200. The van der Waals surface area contributed by atoms with Crippen LogP contribution in [0.15, 0.2) is 18.2 Å². The lowest BCUT2D eigenvalue weighted by Crippen LogP contribution is -2.27. The Hall–Kier alpha value is -1.55. The second-order valence-corrected chi connectivity index (χ2v) is 4.46. The van der Waals surface area contributed by atoms with Crippen molar-refractivity contribution in [3.05, 3.63) is 29.3 Å². The molecule has 1 aliphatic rings. The zero-order chi connectivity index (χ0) is 12.8. The number of hydrogen-bond donors (Lipinski definition) is 2. The Labute approximate surface area is 108 Å². The molecule has 0 saturated heterocycles. The van der Waals surface area contributed by atoms with Gasteiger partial charge in [-0.3, -0.25) is 4.79 Å². The number of hydrogen-bond acceptors (Lipinski definition) is 3. The fourth-order valence-corrected chi connectivity index (χ4v) is 2.24. The highest BCUT2D eigenvalue weighted by molar-refractivity contribution is 5.97. The van der Waals surface area contributed by atoms with Gasteiger partial charge in [0.05, 0.1) is 0 Å². The van der Waals surface area contributed by atoms with E-state index < -0.39 is 0 Å². The van der Waals surface area contributed by atoms with E-state index in [0.717, 1.165) is 42.6 Å². The summed E-state index contributed by atoms with van der Waals surface area (Å²) in [5.74, 6) is 0.0200. The first kappa shape index (κ1) is 12.9. The van der Waals surface area contributed by atoms with Crippen LogP contribution in [0.1, 0.15) is 28.8 Å². The van der Waals surface area contributed by atoms with Gasteiger partial charge in [-0.2, -0.15) is 0 Å². The van der Waals surface area contributed by atoms with Crippen LogP contribution < -0.4 is 10.6 Å². The highest BCUT2D eigenvalue weighted by atomic mass is 16.5. The van der Waals surface area contributed by atoms with E-state index in [9.17, 15) is 4.79 Å². The van der Waals surface area contributed by atoms with Crippen LogP contribution in [0, 0.1) is 0 Å². The van der Waals surface area contributed by atoms with E-state index in [1.807, 2.05) is 18.2 Å². The number of ether oxygens (including phenoxy) is 1. The number of carbonyl (C=O) groups excluding carboxylic acids is 1. The quantitative estimate of drug-likeness (QED) is 0.781. The average Bonchev–Trinajstić information content (AvgIpc) is 2.43. The molecule has 0 unspecified atom stereocenters. The molecule has 2 N–H and O–H groups in total. The summed E-state index contributed by atoms with van der Waals surface area (Å²) in [4.78, 5) is 12.1. The molecule has 1 aliphatic heterocycles. The Bertz CT molecular complexity index is 418. The first-order chi connectivity index (χ1) is 8.83. The molecular weight excluding hydrogens is 228 g/mol. The van der Waals surface area contributed by atoms with Gasteiger partial charge in [-0.15, -0.1) is 0 Å². The van der Waals surface area contributed by atoms with Crippen molar-refractivity contribution in [2.45, 2.75) is 19.3 Å². The van der Waals surface area contributed by atoms with Crippen LogP contribution >= 0.6 is 0 Å². The largest absolute Gasteiger partial charge is 0.385 e. The van der Waals surface area contributed by atoms with Crippen molar-refractivity contribution in [3.63, 3.8) is 0 Å². The van der Waals surface area contributed by atoms with Crippen LogP contribution in [0.4, 0.5) is 5.69 Å². The van der Waals surface area contributed by atoms with E-state index in [4.69, 9.17) is 4.74 Å². The fourth-order valence-electron chi connectivity index (χ4n) is 2.24. The molecule has 4 nitrogen and oxygen atoms in total. The maximum Gasteiger partial charge on any atom is 0.251 e. The number of nitrogens with one attached hydrogen (secondary N) is 2. The maximum atomic E-state index is 12.1. The highest BCUT2D eigenvalue weighted by Crippen LogP contribution is 2.25. The van der Waals surface area contributed by atoms with Crippen molar-refractivity contribution in [1.82, 2.24) is 5.32 Å². The molecule has 18 heavy (non-hydrogen) atoms. The van der Waals surface area contributed by atoms with Gasteiger partial charge in [-0.1, -0.05) is 6.07 Å². The summed E-state index contributed by atoms with van der Waals surface area (Å²) in [6, 6.07) is 5.87. The van der Waals surface area contributed by atoms with E-state index >= 15 is 0 Å². The molecular formula is C14H20N2O2. The van der Waals surface area contributed by atoms with Gasteiger partial charge in [-0.05, 0) is 37.0 Å². The van der Waals surface area contributed by atoms with Gasteiger partial charge in [-0.25, -0.2) is 0 Å². The first-order valence-corrected chi connectivity index (χ1v) is 6.46. The summed E-state index contributed by atoms with van der Waals surface area (Å²) in [5, 5.41) is 6.27. The normalized spacial score (nSPS) is 13.6. The van der Waals surface area contributed by atoms with Gasteiger partial charge in [0.1, 0.15) is 0 Å². The maximum absolute atomic E-state index is 12.1. The van der Waals surface area contributed by atoms with Crippen LogP contribution in [0.5, 0.6) is 0 Å². The number of rotatable bonds is 5. The molecule has 4 heteroatoms. The fraction of sp³-hybridized carbons (Fsp3) is 0.500. The summed E-state index contributed by atoms with van der Waals surface area (Å²) in [7, 11) is 1.67. The third-order valence-corrected chi connectivity index (χ3v) is 3.15. The van der Waals surface area contributed by atoms with Gasteiger partial charge < -0.3 is 15.4 Å². The summed E-state index contributed by atoms with van der Waals surface area (Å²) in [5.41, 5.74) is 3.05. The molecule has 98 valence electrons. The van der Waals surface area contributed by atoms with E-state index in [-0.39, 0.29) is 5.91 Å². The zero-order valence-electron chi connectivity index (χ0n) is 10.8. The van der Waals surface area contributed by atoms with Crippen molar-refractivity contribution in [1.29, 1.82) is 0 Å². The predicted octanol–water partition coefficient (Wildman–Crippen LogP) is 1.81. The SMILES string of the molecule is COCCCNC(=O)c1cccc2c1CCCN2. The number of fused-ring (bicyclic) bond motifs is 1. The van der Waals surface area contributed by atoms with Crippen LogP contribution in [0.3, 0.4) is 0 Å². The summed E-state index contributed by atoms with van der Waals surface area (Å²) in [6.07, 6.45) is 2.90. The highest BCUT2D eigenvalue weighted by Gasteiger charge is 2.16. The smallest absolute Gasteiger partial charge is 0.251 e. The zero-order valence-corrected chi connectivity index (χ0v) is 10.8. The molecule has 1 heterocycles. The van der Waals surface area contributed by atoms with Crippen LogP contribution in [0.2, 0.25) is 0 Å². The topological polar surface area (TPSA) is 50.4 Å². The van der Waals surface area contributed by atoms with E-state index in [1.54, 1.807) is 7.11 Å². The summed E-state index contributed by atoms with van der Waals surface area (Å²) >= 11 is 0. The minimum absolute atomic E-state index is 0.0200. The van der Waals surface area contributed by atoms with E-state index in [1.165, 1.54) is 0 Å². The van der Waals surface area contributed by atoms with Gasteiger partial charge in [0.15, 0.2) is 0 Å². The standard InChI is InChI=1S/C14H20N2O2/c1-18-10-4-9-16-14(17)12-5-2-7-13-11(12)6-3-8-15-13/h2,5,7,15H,3-4,6,8-10H2,1H3,(H,16,17). The van der Waals surface area contributed by atoms with Crippen LogP contribution in [-0.2, 0) is 11.2 Å². The van der Waals surface area contributed by atoms with Gasteiger partial charge in [0.2, 0.25) is 0 Å². The molecule has 0 atom stereocenters. The molecule has 2 rings (SSSR count). The molecule has 0 bridgehead atoms. The second kappa shape index (κ2) is 6.40. The Morgan fingerprint density at radius 2 is 2.39 bits per heavy atom. The van der Waals surface area contributed by atoms with Crippen LogP contribution in [0.25, 0.3) is 0 Å². The number of benzene rings is 1. The number of amides is 1. The number of methoxy groups -OCH3 is 1. The summed E-state index contributed by atoms with van der Waals surface area (Å²) in [6.45, 7) is 2.32. The Morgan fingerprint density at radius 1 is 1.50 bits per heavy atom. The Morgan fingerprint density at radius 3 is 3.22 bits per heavy atom. The van der Waals surface area contributed by atoms with Gasteiger partial charge in [0, 0.05) is 38.1 Å². The molecule has 1 aromatic carbocycles. The Kier molecular flexibility index (Phi) is 4.59. The monoisotopic (exact) mass is 248 g/mol. The molecule has 1 aromatic rings. The summed E-state index contributed by atoms with van der Waals surface area (Å²) < 4.78 is 4.96. The second-order valence-electron chi connectivity index (χ2n) is 4.46. The van der Waals surface area contributed by atoms with Crippen molar-refractivity contribution in [3.8, 4) is 0 Å². The molecule has 0 saturated carbocycles. The Balaban J connectivity index is 2.01. The van der Waals surface area contributed by atoms with E-state index in [0.29, 0.717) is 13.2 Å². The molecule has 1 amide bonds. The van der Waals surface area contributed by atoms with Gasteiger partial charge >= 0.3 is 0 Å². The lowest BCUT2D eigenvalue weighted by atomic mass is 9.97. The third-order valence-electron chi connectivity index (χ3n) is 3.15.